The van der Waals surface area contributed by atoms with Gasteiger partial charge in [-0.15, -0.1) is 0 Å². The van der Waals surface area contributed by atoms with Crippen molar-refractivity contribution in [3.8, 4) is 34.3 Å². The number of ether oxygens (including phenoxy) is 3. The van der Waals surface area contributed by atoms with Gasteiger partial charge in [0.05, 0.1) is 24.3 Å². The van der Waals surface area contributed by atoms with Gasteiger partial charge < -0.3 is 42.1 Å². The number of phenolic OH excluding ortho intramolecular Hbond substituents is 2. The first-order chi connectivity index (χ1) is 27.6. The molecule has 13 nitrogen and oxygen atoms in total. The number of fused-ring (bicyclic) bond motifs is 6. The third-order valence-corrected chi connectivity index (χ3v) is 9.75. The van der Waals surface area contributed by atoms with E-state index in [1.165, 1.54) is 36.4 Å². The van der Waals surface area contributed by atoms with Crippen molar-refractivity contribution >= 4 is 32.9 Å². The number of phenols is 2. The minimum absolute atomic E-state index is 0.0128. The Balaban J connectivity index is 1.13. The Morgan fingerprint density at radius 2 is 1.42 bits per heavy atom. The van der Waals surface area contributed by atoms with Crippen LogP contribution in [0.25, 0.3) is 44.2 Å². The van der Waals surface area contributed by atoms with Gasteiger partial charge in [0.25, 0.3) is 0 Å². The van der Waals surface area contributed by atoms with Gasteiger partial charge in [-0.05, 0) is 90.2 Å². The summed E-state index contributed by atoms with van der Waals surface area (Å²) in [6, 6.07) is 25.2. The van der Waals surface area contributed by atoms with Gasteiger partial charge in [0, 0.05) is 52.4 Å². The van der Waals surface area contributed by atoms with E-state index in [-0.39, 0.29) is 53.4 Å². The molecule has 0 aliphatic carbocycles. The first-order valence-corrected chi connectivity index (χ1v) is 17.9. The summed E-state index contributed by atoms with van der Waals surface area (Å²) >= 11 is 0. The van der Waals surface area contributed by atoms with Crippen LogP contribution >= 0.6 is 0 Å². The van der Waals surface area contributed by atoms with E-state index in [0.29, 0.717) is 67.7 Å². The molecular weight excluding hydrogens is 736 g/mol. The van der Waals surface area contributed by atoms with Crippen molar-refractivity contribution in [3.63, 3.8) is 0 Å². The molecule has 0 saturated carbocycles. The second kappa shape index (κ2) is 14.0. The van der Waals surface area contributed by atoms with Gasteiger partial charge in [-0.1, -0.05) is 18.2 Å². The largest absolute Gasteiger partial charge is 0.508 e. The van der Waals surface area contributed by atoms with Crippen molar-refractivity contribution in [2.24, 2.45) is 0 Å². The molecule has 1 unspecified atom stereocenters. The zero-order chi connectivity index (χ0) is 39.4. The first-order valence-electron chi connectivity index (χ1n) is 17.9. The molecular formula is C44H30O13. The van der Waals surface area contributed by atoms with Gasteiger partial charge in [-0.3, -0.25) is 0 Å². The predicted octanol–water partition coefficient (Wildman–Crippen LogP) is 7.23. The highest BCUT2D eigenvalue weighted by molar-refractivity contribution is 5.86. The summed E-state index contributed by atoms with van der Waals surface area (Å²) in [7, 11) is 0. The molecule has 4 aromatic heterocycles. The van der Waals surface area contributed by atoms with E-state index in [4.69, 9.17) is 31.9 Å². The number of rotatable bonds is 9. The van der Waals surface area contributed by atoms with Gasteiger partial charge in [-0.25, -0.2) is 19.2 Å². The van der Waals surface area contributed by atoms with Crippen LogP contribution in [0.3, 0.4) is 0 Å². The van der Waals surface area contributed by atoms with Crippen molar-refractivity contribution in [2.45, 2.75) is 32.7 Å². The molecule has 0 bridgehead atoms. The van der Waals surface area contributed by atoms with Crippen molar-refractivity contribution in [1.29, 1.82) is 0 Å². The van der Waals surface area contributed by atoms with Crippen LogP contribution in [0.15, 0.2) is 134 Å². The zero-order valence-corrected chi connectivity index (χ0v) is 30.0. The molecule has 9 rings (SSSR count). The predicted molar refractivity (Wildman–Crippen MR) is 206 cm³/mol. The lowest BCUT2D eigenvalue weighted by Crippen LogP contribution is -2.21. The van der Waals surface area contributed by atoms with Crippen LogP contribution < -0.4 is 32.0 Å². The standard InChI is InChI=1S/C44H30O13/c1-2-51-28-8-11-35-31(20-28)26(18-39(48)53-35)21-52-44-33-15-25(14-24-17-40(49)56-42-30(24)4-3-5-34(42)46)43(50)57-41(33)32-13-22(6-10-36(32)55-44)12-23-16-38(47)54-37-19-27(45)7-9-29(23)37/h3-11,13,15-20,44-46H,2,12,14,21H2,1H3. The molecule has 0 radical (unpaired) electrons. The molecule has 2 N–H and O–H groups in total. The van der Waals surface area contributed by atoms with Crippen LogP contribution in [0.5, 0.6) is 23.0 Å². The summed E-state index contributed by atoms with van der Waals surface area (Å²) in [5, 5.41) is 22.0. The van der Waals surface area contributed by atoms with Gasteiger partial charge in [0.15, 0.2) is 17.1 Å². The van der Waals surface area contributed by atoms with Crippen LogP contribution in [0.1, 0.15) is 46.6 Å². The van der Waals surface area contributed by atoms with Crippen molar-refractivity contribution in [1.82, 2.24) is 0 Å². The van der Waals surface area contributed by atoms with E-state index in [2.05, 4.69) is 0 Å². The minimum Gasteiger partial charge on any atom is -0.508 e. The Bertz CT molecular complexity index is 3150. The Labute approximate surface area is 320 Å². The smallest absolute Gasteiger partial charge is 0.339 e. The molecule has 0 amide bonds. The lowest BCUT2D eigenvalue weighted by molar-refractivity contribution is -0.0952. The monoisotopic (exact) mass is 766 g/mol. The molecule has 4 aromatic carbocycles. The lowest BCUT2D eigenvalue weighted by atomic mass is 9.95. The average Bonchev–Trinajstić information content (AvgIpc) is 3.18. The molecule has 57 heavy (non-hydrogen) atoms. The Kier molecular flexibility index (Phi) is 8.70. The van der Waals surface area contributed by atoms with Crippen molar-refractivity contribution in [2.75, 3.05) is 6.61 Å². The summed E-state index contributed by atoms with van der Waals surface area (Å²) in [6.07, 6.45) is -0.928. The average molecular weight is 767 g/mol. The highest BCUT2D eigenvalue weighted by atomic mass is 16.7. The molecule has 1 aliphatic rings. The van der Waals surface area contributed by atoms with E-state index in [9.17, 15) is 29.4 Å². The minimum atomic E-state index is -1.14. The fourth-order valence-corrected chi connectivity index (χ4v) is 7.23. The van der Waals surface area contributed by atoms with E-state index in [1.54, 1.807) is 60.7 Å². The molecule has 284 valence electrons. The molecule has 13 heteroatoms. The molecule has 0 spiro atoms. The summed E-state index contributed by atoms with van der Waals surface area (Å²) in [6.45, 7) is 2.17. The normalized spacial score (nSPS) is 13.4. The Hall–Kier alpha value is -7.38. The Morgan fingerprint density at radius 3 is 2.25 bits per heavy atom. The van der Waals surface area contributed by atoms with E-state index in [1.807, 2.05) is 6.92 Å². The maximum atomic E-state index is 13.8. The third kappa shape index (κ3) is 6.70. The van der Waals surface area contributed by atoms with Crippen LogP contribution in [0, 0.1) is 0 Å². The quantitative estimate of drug-likeness (QED) is 0.140. The third-order valence-electron chi connectivity index (χ3n) is 9.75. The van der Waals surface area contributed by atoms with E-state index in [0.717, 1.165) is 5.56 Å². The van der Waals surface area contributed by atoms with Crippen molar-refractivity contribution < 1.29 is 42.1 Å². The van der Waals surface area contributed by atoms with Gasteiger partial charge in [-0.2, -0.15) is 0 Å². The lowest BCUT2D eigenvalue weighted by Gasteiger charge is -2.28. The number of hydrogen-bond donors (Lipinski definition) is 2. The van der Waals surface area contributed by atoms with Gasteiger partial charge in [0.2, 0.25) is 6.29 Å². The highest BCUT2D eigenvalue weighted by Gasteiger charge is 2.31. The molecule has 8 aromatic rings. The zero-order valence-electron chi connectivity index (χ0n) is 30.0. The van der Waals surface area contributed by atoms with Crippen molar-refractivity contribution in [3.05, 3.63) is 172 Å². The number of benzene rings is 4. The maximum absolute atomic E-state index is 13.8. The highest BCUT2D eigenvalue weighted by Crippen LogP contribution is 2.44. The molecule has 5 heterocycles. The topological polar surface area (TPSA) is 189 Å². The molecule has 1 atom stereocenters. The van der Waals surface area contributed by atoms with E-state index < -0.39 is 28.8 Å². The summed E-state index contributed by atoms with van der Waals surface area (Å²) in [5.74, 6) is 0.821. The Morgan fingerprint density at radius 1 is 0.649 bits per heavy atom. The SMILES string of the molecule is CCOc1ccc2oc(=O)cc(COC3Oc4ccc(Cc5cc(=O)oc6cc(O)ccc56)cc4-c4oc(=O)c(Cc5cc(=O)oc6c(O)cccc56)cc43)c2c1. The number of aromatic hydroxyl groups is 2. The fourth-order valence-electron chi connectivity index (χ4n) is 7.23. The fraction of sp³-hybridized carbons (Fsp3) is 0.136. The maximum Gasteiger partial charge on any atom is 0.339 e. The first kappa shape index (κ1) is 35.3. The molecule has 1 aliphatic heterocycles. The second-order valence-electron chi connectivity index (χ2n) is 13.5. The summed E-state index contributed by atoms with van der Waals surface area (Å²) < 4.78 is 40.6. The summed E-state index contributed by atoms with van der Waals surface area (Å²) in [4.78, 5) is 51.4. The van der Waals surface area contributed by atoms with Gasteiger partial charge >= 0.3 is 22.5 Å². The second-order valence-corrected chi connectivity index (χ2v) is 13.5. The van der Waals surface area contributed by atoms with Gasteiger partial charge in [0.1, 0.15) is 28.4 Å². The number of hydrogen-bond acceptors (Lipinski definition) is 13. The van der Waals surface area contributed by atoms with Crippen LogP contribution in [0.4, 0.5) is 0 Å². The number of para-hydroxylation sites is 1. The van der Waals surface area contributed by atoms with Crippen LogP contribution in [-0.2, 0) is 24.2 Å². The summed E-state index contributed by atoms with van der Waals surface area (Å²) in [5.41, 5.74) is 1.28. The van der Waals surface area contributed by atoms with E-state index >= 15 is 0 Å². The molecule has 0 fully saturated rings. The van der Waals surface area contributed by atoms with Crippen LogP contribution in [0.2, 0.25) is 0 Å². The van der Waals surface area contributed by atoms with Crippen LogP contribution in [-0.4, -0.2) is 16.8 Å². The molecule has 0 saturated heterocycles.